The summed E-state index contributed by atoms with van der Waals surface area (Å²) in [5, 5.41) is 3.48. The molecule has 4 heteroatoms. The van der Waals surface area contributed by atoms with E-state index in [1.54, 1.807) is 7.11 Å². The second kappa shape index (κ2) is 8.12. The fourth-order valence-corrected chi connectivity index (χ4v) is 2.06. The number of ether oxygens (including phenoxy) is 1. The molecule has 0 saturated heterocycles. The molecule has 4 nitrogen and oxygen atoms in total. The summed E-state index contributed by atoms with van der Waals surface area (Å²) in [6, 6.07) is 6.42. The second-order valence-electron chi connectivity index (χ2n) is 5.55. The highest BCUT2D eigenvalue weighted by Gasteiger charge is 2.12. The maximum Gasteiger partial charge on any atom is 0.213 e. The Balaban J connectivity index is 2.42. The van der Waals surface area contributed by atoms with Gasteiger partial charge in [0.25, 0.3) is 0 Å². The van der Waals surface area contributed by atoms with Gasteiger partial charge in [0, 0.05) is 25.2 Å². The molecule has 1 unspecified atom stereocenters. The number of hydrogen-bond donors (Lipinski definition) is 1. The third kappa shape index (κ3) is 6.03. The van der Waals surface area contributed by atoms with E-state index in [0.717, 1.165) is 18.8 Å². The van der Waals surface area contributed by atoms with E-state index >= 15 is 0 Å². The van der Waals surface area contributed by atoms with Crippen molar-refractivity contribution in [1.29, 1.82) is 0 Å². The van der Waals surface area contributed by atoms with Crippen molar-refractivity contribution < 1.29 is 4.74 Å². The summed E-state index contributed by atoms with van der Waals surface area (Å²) in [6.45, 7) is 6.28. The Kier molecular flexibility index (Phi) is 6.81. The zero-order valence-electron chi connectivity index (χ0n) is 12.8. The molecule has 1 rings (SSSR count). The fourth-order valence-electron chi connectivity index (χ4n) is 2.06. The third-order valence-corrected chi connectivity index (χ3v) is 3.15. The van der Waals surface area contributed by atoms with E-state index in [9.17, 15) is 0 Å². The van der Waals surface area contributed by atoms with Crippen LogP contribution in [0.5, 0.6) is 5.88 Å². The summed E-state index contributed by atoms with van der Waals surface area (Å²) in [5.41, 5.74) is 1.02. The fraction of sp³-hybridized carbons (Fsp3) is 0.667. The van der Waals surface area contributed by atoms with Gasteiger partial charge in [0.2, 0.25) is 5.88 Å². The minimum Gasteiger partial charge on any atom is -0.481 e. The normalized spacial score (nSPS) is 13.0. The molecule has 0 saturated carbocycles. The first kappa shape index (κ1) is 15.9. The molecule has 0 fully saturated rings. The number of aromatic nitrogens is 1. The molecule has 108 valence electrons. The van der Waals surface area contributed by atoms with Gasteiger partial charge in [0.05, 0.1) is 12.8 Å². The summed E-state index contributed by atoms with van der Waals surface area (Å²) < 4.78 is 5.13. The summed E-state index contributed by atoms with van der Waals surface area (Å²) in [5.74, 6) is 1.38. The minimum atomic E-state index is 0.561. The van der Waals surface area contributed by atoms with Crippen LogP contribution in [0.1, 0.15) is 26.0 Å². The zero-order chi connectivity index (χ0) is 14.3. The number of methoxy groups -OCH3 is 1. The molecule has 0 aliphatic carbocycles. The van der Waals surface area contributed by atoms with Gasteiger partial charge < -0.3 is 15.0 Å². The Morgan fingerprint density at radius 1 is 1.32 bits per heavy atom. The van der Waals surface area contributed by atoms with Crippen LogP contribution in [0.25, 0.3) is 0 Å². The van der Waals surface area contributed by atoms with Crippen LogP contribution in [0, 0.1) is 5.92 Å². The van der Waals surface area contributed by atoms with Crippen molar-refractivity contribution in [2.24, 2.45) is 5.92 Å². The average Bonchev–Trinajstić information content (AvgIpc) is 2.37. The lowest BCUT2D eigenvalue weighted by Gasteiger charge is -2.26. The summed E-state index contributed by atoms with van der Waals surface area (Å²) >= 11 is 0. The molecule has 0 aliphatic rings. The van der Waals surface area contributed by atoms with Crippen LogP contribution >= 0.6 is 0 Å². The maximum absolute atomic E-state index is 5.13. The first-order chi connectivity index (χ1) is 9.02. The van der Waals surface area contributed by atoms with Crippen molar-refractivity contribution in [3.8, 4) is 5.88 Å². The second-order valence-corrected chi connectivity index (χ2v) is 5.55. The molecular weight excluding hydrogens is 238 g/mol. The van der Waals surface area contributed by atoms with Crippen LogP contribution in [0.3, 0.4) is 0 Å². The number of rotatable bonds is 8. The third-order valence-electron chi connectivity index (χ3n) is 3.15. The number of pyridine rings is 1. The molecule has 1 heterocycles. The smallest absolute Gasteiger partial charge is 0.213 e. The Morgan fingerprint density at radius 2 is 2.05 bits per heavy atom. The summed E-state index contributed by atoms with van der Waals surface area (Å²) in [7, 11) is 5.92. The van der Waals surface area contributed by atoms with E-state index in [-0.39, 0.29) is 0 Å². The molecule has 0 radical (unpaired) electrons. The average molecular weight is 265 g/mol. The standard InChI is InChI=1S/C15H27N3O/c1-12(2)9-14(18(3)4)11-16-10-13-7-6-8-15(17-13)19-5/h6-8,12,14,16H,9-11H2,1-5H3. The van der Waals surface area contributed by atoms with Crippen molar-refractivity contribution in [2.75, 3.05) is 27.7 Å². The summed E-state index contributed by atoms with van der Waals surface area (Å²) in [6.07, 6.45) is 1.20. The Labute approximate surface area is 117 Å². The molecule has 1 N–H and O–H groups in total. The lowest BCUT2D eigenvalue weighted by Crippen LogP contribution is -2.38. The molecule has 1 aromatic rings. The predicted octanol–water partition coefficient (Wildman–Crippen LogP) is 2.16. The van der Waals surface area contributed by atoms with E-state index in [4.69, 9.17) is 4.74 Å². The van der Waals surface area contributed by atoms with E-state index < -0.39 is 0 Å². The maximum atomic E-state index is 5.13. The van der Waals surface area contributed by atoms with E-state index in [0.29, 0.717) is 17.8 Å². The number of nitrogens with one attached hydrogen (secondary N) is 1. The van der Waals surface area contributed by atoms with Gasteiger partial charge in [0.15, 0.2) is 0 Å². The van der Waals surface area contributed by atoms with Gasteiger partial charge in [-0.3, -0.25) is 0 Å². The number of nitrogens with zero attached hydrogens (tertiary/aromatic N) is 2. The summed E-state index contributed by atoms with van der Waals surface area (Å²) in [4.78, 5) is 6.68. The van der Waals surface area contributed by atoms with Gasteiger partial charge in [-0.2, -0.15) is 0 Å². The van der Waals surface area contributed by atoms with Gasteiger partial charge in [-0.1, -0.05) is 19.9 Å². The quantitative estimate of drug-likeness (QED) is 0.781. The highest BCUT2D eigenvalue weighted by Crippen LogP contribution is 2.09. The van der Waals surface area contributed by atoms with E-state index in [2.05, 4.69) is 43.1 Å². The van der Waals surface area contributed by atoms with Gasteiger partial charge >= 0.3 is 0 Å². The highest BCUT2D eigenvalue weighted by atomic mass is 16.5. The Bertz CT molecular complexity index is 366. The number of likely N-dealkylation sites (N-methyl/N-ethyl adjacent to an activating group) is 1. The Morgan fingerprint density at radius 3 is 2.63 bits per heavy atom. The molecule has 0 amide bonds. The molecular formula is C15H27N3O. The van der Waals surface area contributed by atoms with Gasteiger partial charge in [-0.05, 0) is 32.5 Å². The van der Waals surface area contributed by atoms with Gasteiger partial charge in [-0.15, -0.1) is 0 Å². The van der Waals surface area contributed by atoms with Crippen molar-refractivity contribution in [2.45, 2.75) is 32.9 Å². The monoisotopic (exact) mass is 265 g/mol. The lowest BCUT2D eigenvalue weighted by atomic mass is 10.0. The van der Waals surface area contributed by atoms with Crippen molar-refractivity contribution in [1.82, 2.24) is 15.2 Å². The molecule has 0 aliphatic heterocycles. The van der Waals surface area contributed by atoms with Crippen LogP contribution in [0.4, 0.5) is 0 Å². The molecule has 19 heavy (non-hydrogen) atoms. The highest BCUT2D eigenvalue weighted by molar-refractivity contribution is 5.15. The molecule has 0 aromatic carbocycles. The molecule has 0 spiro atoms. The predicted molar refractivity (Wildman–Crippen MR) is 79.4 cm³/mol. The van der Waals surface area contributed by atoms with Crippen LogP contribution in [-0.2, 0) is 6.54 Å². The van der Waals surface area contributed by atoms with Crippen molar-refractivity contribution in [3.63, 3.8) is 0 Å². The van der Waals surface area contributed by atoms with Crippen LogP contribution in [0.15, 0.2) is 18.2 Å². The van der Waals surface area contributed by atoms with Crippen LogP contribution in [-0.4, -0.2) is 43.7 Å². The number of hydrogen-bond acceptors (Lipinski definition) is 4. The Hall–Kier alpha value is -1.13. The largest absolute Gasteiger partial charge is 0.481 e. The molecule has 1 atom stereocenters. The van der Waals surface area contributed by atoms with Gasteiger partial charge in [0.1, 0.15) is 0 Å². The topological polar surface area (TPSA) is 37.4 Å². The SMILES string of the molecule is COc1cccc(CNCC(CC(C)C)N(C)C)n1. The van der Waals surface area contributed by atoms with Gasteiger partial charge in [-0.25, -0.2) is 4.98 Å². The first-order valence-electron chi connectivity index (χ1n) is 6.90. The molecule has 1 aromatic heterocycles. The minimum absolute atomic E-state index is 0.561. The van der Waals surface area contributed by atoms with Crippen molar-refractivity contribution in [3.05, 3.63) is 23.9 Å². The molecule has 0 bridgehead atoms. The van der Waals surface area contributed by atoms with E-state index in [1.807, 2.05) is 18.2 Å². The first-order valence-corrected chi connectivity index (χ1v) is 6.90. The van der Waals surface area contributed by atoms with Crippen LogP contribution in [0.2, 0.25) is 0 Å². The van der Waals surface area contributed by atoms with Crippen LogP contribution < -0.4 is 10.1 Å². The lowest BCUT2D eigenvalue weighted by molar-refractivity contribution is 0.246. The van der Waals surface area contributed by atoms with Crippen molar-refractivity contribution >= 4 is 0 Å². The zero-order valence-corrected chi connectivity index (χ0v) is 12.8. The van der Waals surface area contributed by atoms with E-state index in [1.165, 1.54) is 6.42 Å².